The smallest absolute Gasteiger partial charge is 0.335 e. The largest absolute Gasteiger partial charge is 0.472 e. The van der Waals surface area contributed by atoms with Crippen LogP contribution in [-0.4, -0.2) is 79.0 Å². The van der Waals surface area contributed by atoms with Gasteiger partial charge in [0.1, 0.15) is 17.8 Å². The van der Waals surface area contributed by atoms with Crippen molar-refractivity contribution in [2.24, 2.45) is 34.0 Å². The van der Waals surface area contributed by atoms with Gasteiger partial charge in [-0.15, -0.1) is 0 Å². The number of carbonyl (C=O) groups excluding carboxylic acids is 5. The molecule has 1 aromatic heterocycles. The van der Waals surface area contributed by atoms with Crippen LogP contribution in [0.5, 0.6) is 0 Å². The fourth-order valence-corrected chi connectivity index (χ4v) is 9.49. The summed E-state index contributed by atoms with van der Waals surface area (Å²) in [6, 6.07) is 1.83. The quantitative estimate of drug-likeness (QED) is 0.109. The zero-order valence-electron chi connectivity index (χ0n) is 29.3. The number of epoxide rings is 1. The Balaban J connectivity index is 1.73. The van der Waals surface area contributed by atoms with E-state index in [0.717, 1.165) is 5.56 Å². The molecule has 1 aromatic rings. The number of methoxy groups -OCH3 is 1. The Morgan fingerprint density at radius 2 is 1.94 bits per heavy atom. The van der Waals surface area contributed by atoms with E-state index in [1.807, 2.05) is 26.8 Å². The Bertz CT molecular complexity index is 1510. The minimum atomic E-state index is -1.46. The molecule has 0 radical (unpaired) electrons. The Morgan fingerprint density at radius 1 is 1.22 bits per heavy atom. The molecule has 0 aromatic carbocycles. The highest BCUT2D eigenvalue weighted by Crippen LogP contribution is 2.76. The number of aliphatic hydroxyl groups is 1. The Kier molecular flexibility index (Phi) is 9.81. The van der Waals surface area contributed by atoms with E-state index in [2.05, 4.69) is 6.58 Å². The molecule has 12 nitrogen and oxygen atoms in total. The highest BCUT2D eigenvalue weighted by molar-refractivity contribution is 5.91. The fourth-order valence-electron chi connectivity index (χ4n) is 9.49. The van der Waals surface area contributed by atoms with Gasteiger partial charge in [0, 0.05) is 42.4 Å². The molecular weight excluding hydrogens is 636 g/mol. The van der Waals surface area contributed by atoms with Gasteiger partial charge in [-0.3, -0.25) is 19.2 Å². The average Bonchev–Trinajstić information content (AvgIpc) is 3.44. The van der Waals surface area contributed by atoms with Crippen LogP contribution in [0.3, 0.4) is 0 Å². The monoisotopic (exact) mass is 684 g/mol. The highest BCUT2D eigenvalue weighted by Gasteiger charge is 2.84. The lowest BCUT2D eigenvalue weighted by Gasteiger charge is -2.59. The molecule has 12 atom stereocenters. The Labute approximate surface area is 286 Å². The van der Waals surface area contributed by atoms with Gasteiger partial charge < -0.3 is 33.2 Å². The van der Waals surface area contributed by atoms with Crippen LogP contribution in [0, 0.1) is 34.0 Å². The number of ether oxygens (including phenoxy) is 5. The van der Waals surface area contributed by atoms with Gasteiger partial charge in [0.15, 0.2) is 11.9 Å². The van der Waals surface area contributed by atoms with Crippen molar-refractivity contribution < 1.29 is 57.2 Å². The Morgan fingerprint density at radius 3 is 2.53 bits per heavy atom. The third kappa shape index (κ3) is 5.74. The first-order chi connectivity index (χ1) is 23.0. The molecule has 1 N–H and O–H groups in total. The van der Waals surface area contributed by atoms with E-state index in [-0.39, 0.29) is 43.7 Å². The average molecular weight is 685 g/mol. The van der Waals surface area contributed by atoms with Crippen LogP contribution in [0.2, 0.25) is 0 Å². The van der Waals surface area contributed by atoms with Crippen LogP contribution in [0.15, 0.2) is 47.3 Å². The van der Waals surface area contributed by atoms with Gasteiger partial charge in [0.05, 0.1) is 37.8 Å². The van der Waals surface area contributed by atoms with Crippen molar-refractivity contribution in [3.8, 4) is 0 Å². The minimum absolute atomic E-state index is 0.0590. The van der Waals surface area contributed by atoms with Gasteiger partial charge in [-0.05, 0) is 41.5 Å². The van der Waals surface area contributed by atoms with E-state index in [9.17, 15) is 29.1 Å². The van der Waals surface area contributed by atoms with Crippen LogP contribution < -0.4 is 0 Å². The molecule has 12 heteroatoms. The van der Waals surface area contributed by atoms with Gasteiger partial charge in [-0.2, -0.15) is 0 Å². The maximum atomic E-state index is 13.8. The molecule has 3 aliphatic carbocycles. The fraction of sp³-hybridized carbons (Fsp3) is 0.649. The summed E-state index contributed by atoms with van der Waals surface area (Å²) in [5.74, 6) is -4.62. The van der Waals surface area contributed by atoms with Crippen molar-refractivity contribution in [2.75, 3.05) is 13.7 Å². The predicted octanol–water partition coefficient (Wildman–Crippen LogP) is 4.24. The summed E-state index contributed by atoms with van der Waals surface area (Å²) < 4.78 is 35.0. The van der Waals surface area contributed by atoms with Crippen LogP contribution in [0.25, 0.3) is 0 Å². The van der Waals surface area contributed by atoms with E-state index in [1.54, 1.807) is 32.4 Å². The lowest BCUT2D eigenvalue weighted by molar-refractivity contribution is -0.210. The zero-order valence-corrected chi connectivity index (χ0v) is 29.3. The molecule has 3 fully saturated rings. The maximum Gasteiger partial charge on any atom is 0.335 e. The lowest BCUT2D eigenvalue weighted by atomic mass is 9.47. The third-order valence-electron chi connectivity index (χ3n) is 12.3. The number of rotatable bonds is 12. The van der Waals surface area contributed by atoms with Gasteiger partial charge in [-0.25, -0.2) is 4.79 Å². The van der Waals surface area contributed by atoms with Crippen molar-refractivity contribution in [3.05, 3.63) is 48.5 Å². The number of hydrogen-bond donors (Lipinski definition) is 1. The number of aliphatic hydroxyl groups excluding tert-OH is 1. The molecule has 1 saturated heterocycles. The first-order valence-corrected chi connectivity index (χ1v) is 16.8. The summed E-state index contributed by atoms with van der Waals surface area (Å²) in [5.41, 5.74) is -3.07. The summed E-state index contributed by atoms with van der Waals surface area (Å²) in [6.45, 7) is 15.1. The standard InChI is InChI=1S/C37H48O12/c1-9-20(2)30(42)33(43)48-32-31(47-19-38)29(21(3)37-27(49-37)14-25(36(32,37)7)23-11-13-45-17-23)35(6)12-10-24(40)16-34(5,18-46-22(4)39)26(35)15-28(41)44-8/h10-13,17,19-20,25-27,29-32,42H,3,9,14-16,18H2,1-2,4-8H3/t20-,25+,26+,27-,29-,30-,31-,32+,34-,35+,36-,37-/m1/s1. The number of allylic oxidation sites excluding steroid dienone is 2. The van der Waals surface area contributed by atoms with Crippen LogP contribution in [0.4, 0.5) is 0 Å². The molecule has 5 rings (SSSR count). The van der Waals surface area contributed by atoms with E-state index in [0.29, 0.717) is 18.4 Å². The van der Waals surface area contributed by atoms with Gasteiger partial charge in [0.25, 0.3) is 6.47 Å². The van der Waals surface area contributed by atoms with Crippen LogP contribution in [-0.2, 0) is 47.7 Å². The van der Waals surface area contributed by atoms with Crippen molar-refractivity contribution in [3.63, 3.8) is 0 Å². The molecule has 49 heavy (non-hydrogen) atoms. The summed E-state index contributed by atoms with van der Waals surface area (Å²) in [7, 11) is 1.26. The second kappa shape index (κ2) is 13.2. The third-order valence-corrected chi connectivity index (χ3v) is 12.3. The van der Waals surface area contributed by atoms with Gasteiger partial charge in [-0.1, -0.05) is 53.7 Å². The summed E-state index contributed by atoms with van der Waals surface area (Å²) in [6.07, 6.45) is 2.87. The number of carbonyl (C=O) groups is 5. The highest BCUT2D eigenvalue weighted by atomic mass is 16.6. The molecule has 4 aliphatic rings. The molecule has 0 bridgehead atoms. The SMILES string of the molecule is C=C1[C@@H]([C@@]2(C)C=CC(=O)C[C@](C)(COC(C)=O)[C@@H]2CC(=O)OC)[C@@H](OC=O)[C@H](OC(=O)[C@H](O)[C@H](C)CC)[C@@]2(C)[C@H](c3ccoc3)C[C@H]3O[C@]132. The lowest BCUT2D eigenvalue weighted by Crippen LogP contribution is -2.66. The molecule has 0 amide bonds. The summed E-state index contributed by atoms with van der Waals surface area (Å²) in [5, 5.41) is 11.0. The van der Waals surface area contributed by atoms with E-state index in [4.69, 9.17) is 28.1 Å². The second-order valence-electron chi connectivity index (χ2n) is 15.0. The van der Waals surface area contributed by atoms with Crippen molar-refractivity contribution in [1.29, 1.82) is 0 Å². The maximum absolute atomic E-state index is 13.8. The van der Waals surface area contributed by atoms with E-state index >= 15 is 0 Å². The van der Waals surface area contributed by atoms with E-state index in [1.165, 1.54) is 20.1 Å². The molecule has 2 heterocycles. The number of furan rings is 1. The molecule has 2 saturated carbocycles. The minimum Gasteiger partial charge on any atom is -0.472 e. The van der Waals surface area contributed by atoms with Crippen molar-refractivity contribution >= 4 is 30.2 Å². The first-order valence-electron chi connectivity index (χ1n) is 16.8. The summed E-state index contributed by atoms with van der Waals surface area (Å²) in [4.78, 5) is 64.8. The number of ketones is 1. The molecule has 1 spiro atoms. The van der Waals surface area contributed by atoms with Gasteiger partial charge >= 0.3 is 17.9 Å². The van der Waals surface area contributed by atoms with Crippen LogP contribution >= 0.6 is 0 Å². The van der Waals surface area contributed by atoms with Crippen molar-refractivity contribution in [1.82, 2.24) is 0 Å². The van der Waals surface area contributed by atoms with E-state index < -0.39 is 75.8 Å². The first kappa shape index (κ1) is 36.5. The molecule has 1 aliphatic heterocycles. The number of esters is 3. The topological polar surface area (TPSA) is 168 Å². The predicted molar refractivity (Wildman–Crippen MR) is 172 cm³/mol. The van der Waals surface area contributed by atoms with Crippen molar-refractivity contribution in [2.45, 2.75) is 103 Å². The van der Waals surface area contributed by atoms with Gasteiger partial charge in [0.2, 0.25) is 0 Å². The summed E-state index contributed by atoms with van der Waals surface area (Å²) >= 11 is 0. The molecular formula is C37H48O12. The Hall–Kier alpha value is -3.77. The van der Waals surface area contributed by atoms with Crippen LogP contribution in [0.1, 0.15) is 78.7 Å². The number of hydrogen-bond acceptors (Lipinski definition) is 12. The molecule has 268 valence electrons. The normalized spacial score (nSPS) is 39.1. The molecule has 0 unspecified atom stereocenters. The second-order valence-corrected chi connectivity index (χ2v) is 15.0. The zero-order chi connectivity index (χ0) is 36.1.